The Morgan fingerprint density at radius 3 is 2.55 bits per heavy atom. The second kappa shape index (κ2) is 9.15. The van der Waals surface area contributed by atoms with E-state index >= 15 is 0 Å². The van der Waals surface area contributed by atoms with Crippen LogP contribution in [-0.4, -0.2) is 50.6 Å². The maximum absolute atomic E-state index is 14.1. The quantitative estimate of drug-likeness (QED) is 0.450. The number of amides is 1. The number of Topliss-reactive ketones (excluding diaryl/α,β-unsaturated/α-hetero) is 5. The Bertz CT molecular complexity index is 1470. The van der Waals surface area contributed by atoms with Crippen LogP contribution in [0.4, 0.5) is 0 Å². The van der Waals surface area contributed by atoms with Crippen LogP contribution in [0.2, 0.25) is 0 Å². The molecule has 0 aliphatic heterocycles. The van der Waals surface area contributed by atoms with Crippen molar-refractivity contribution in [2.45, 2.75) is 76.2 Å². The van der Waals surface area contributed by atoms with Crippen LogP contribution in [0.25, 0.3) is 0 Å². The average Bonchev–Trinajstić information content (AvgIpc) is 3.63. The van der Waals surface area contributed by atoms with Gasteiger partial charge in [-0.1, -0.05) is 31.9 Å². The summed E-state index contributed by atoms with van der Waals surface area (Å²) in [6, 6.07) is 4.65. The van der Waals surface area contributed by atoms with Crippen LogP contribution in [0.5, 0.6) is 5.75 Å². The third-order valence-corrected chi connectivity index (χ3v) is 12.3. The van der Waals surface area contributed by atoms with Gasteiger partial charge in [0.2, 0.25) is 5.91 Å². The molecule has 2 bridgehead atoms. The van der Waals surface area contributed by atoms with Crippen molar-refractivity contribution >= 4 is 34.8 Å². The van der Waals surface area contributed by atoms with Gasteiger partial charge in [0.05, 0.1) is 11.5 Å². The SMILES string of the molecule is C[C@H]1c2cccc(O)c2C(=O)C2C(=O)[C@]3(O)C(=O)C(C(N)=O)C(=O)C[C@@H]3[C@@H](CC(=O)CC3CC4CCCC5(C4)CC35)[C@@H]21. The summed E-state index contributed by atoms with van der Waals surface area (Å²) in [6.07, 6.45) is 6.90. The minimum Gasteiger partial charge on any atom is -0.507 e. The lowest BCUT2D eigenvalue weighted by atomic mass is 9.47. The number of hydrogen-bond acceptors (Lipinski definition) is 8. The molecule has 11 atom stereocenters. The van der Waals surface area contributed by atoms with E-state index in [1.165, 1.54) is 31.7 Å². The summed E-state index contributed by atoms with van der Waals surface area (Å²) in [5.41, 5.74) is 3.43. The van der Waals surface area contributed by atoms with Gasteiger partial charge in [-0.2, -0.15) is 0 Å². The highest BCUT2D eigenvalue weighted by molar-refractivity contribution is 6.31. The van der Waals surface area contributed by atoms with E-state index in [9.17, 15) is 39.0 Å². The van der Waals surface area contributed by atoms with E-state index in [2.05, 4.69) is 0 Å². The third kappa shape index (κ3) is 3.64. The lowest BCUT2D eigenvalue weighted by molar-refractivity contribution is -0.183. The first-order valence-electron chi connectivity index (χ1n) is 15.4. The van der Waals surface area contributed by atoms with E-state index in [1.54, 1.807) is 12.1 Å². The van der Waals surface area contributed by atoms with E-state index in [1.807, 2.05) is 6.92 Å². The number of aromatic hydroxyl groups is 1. The van der Waals surface area contributed by atoms with E-state index in [0.717, 1.165) is 12.8 Å². The zero-order valence-electron chi connectivity index (χ0n) is 23.7. The maximum atomic E-state index is 14.1. The molecule has 0 radical (unpaired) electrons. The predicted molar refractivity (Wildman–Crippen MR) is 147 cm³/mol. The van der Waals surface area contributed by atoms with E-state index < -0.39 is 76.6 Å². The Hall–Kier alpha value is -3.20. The minimum atomic E-state index is -2.81. The summed E-state index contributed by atoms with van der Waals surface area (Å²) in [4.78, 5) is 80.6. The lowest BCUT2D eigenvalue weighted by Gasteiger charge is -2.54. The molecule has 6 aliphatic rings. The van der Waals surface area contributed by atoms with Gasteiger partial charge in [-0.05, 0) is 78.2 Å². The molecular formula is C33H37NO8. The first-order chi connectivity index (χ1) is 19.9. The summed E-state index contributed by atoms with van der Waals surface area (Å²) < 4.78 is 0. The zero-order valence-corrected chi connectivity index (χ0v) is 23.7. The molecule has 9 nitrogen and oxygen atoms in total. The number of rotatable bonds is 5. The summed E-state index contributed by atoms with van der Waals surface area (Å²) in [5.74, 6) is -10.9. The van der Waals surface area contributed by atoms with Crippen molar-refractivity contribution < 1.29 is 39.0 Å². The smallest absolute Gasteiger partial charge is 0.235 e. The van der Waals surface area contributed by atoms with E-state index in [-0.39, 0.29) is 29.4 Å². The van der Waals surface area contributed by atoms with Gasteiger partial charge >= 0.3 is 0 Å². The maximum Gasteiger partial charge on any atom is 0.235 e. The standard InChI is InChI=1S/C33H37NO8/c1-14-18-5-2-6-22(36)25(18)28(38)27-24(14)19(20-11-23(37)26(31(34)41)29(39)33(20,42)30(27)40)10-17(35)9-16-8-15-4-3-7-32(12-15)13-21(16)32/h2,5-6,14-16,19-21,24,26-27,36,42H,3-4,7-13H2,1H3,(H2,34,41)/t14-,15?,16?,19+,20+,21?,24-,26?,27?,32?,33+/m0/s1. The summed E-state index contributed by atoms with van der Waals surface area (Å²) in [6.45, 7) is 1.81. The number of hydrogen-bond donors (Lipinski definition) is 3. The molecule has 4 N–H and O–H groups in total. The third-order valence-electron chi connectivity index (χ3n) is 12.3. The summed E-state index contributed by atoms with van der Waals surface area (Å²) in [7, 11) is 0. The Labute approximate surface area is 243 Å². The number of ketones is 5. The monoisotopic (exact) mass is 575 g/mol. The second-order valence-corrected chi connectivity index (χ2v) is 14.3. The summed E-state index contributed by atoms with van der Waals surface area (Å²) in [5, 5.41) is 22.5. The lowest BCUT2D eigenvalue weighted by Crippen LogP contribution is -2.71. The molecule has 42 heavy (non-hydrogen) atoms. The van der Waals surface area contributed by atoms with Crippen LogP contribution in [0.3, 0.4) is 0 Å². The van der Waals surface area contributed by atoms with Crippen LogP contribution in [-0.2, 0) is 24.0 Å². The molecule has 1 aromatic carbocycles. The fourth-order valence-electron chi connectivity index (χ4n) is 10.6. The number of primary amides is 1. The number of phenolic OH excluding ortho intramolecular Hbond substituents is 1. The van der Waals surface area contributed by atoms with E-state index in [0.29, 0.717) is 29.2 Å². The topological polar surface area (TPSA) is 169 Å². The Morgan fingerprint density at radius 1 is 1.05 bits per heavy atom. The van der Waals surface area contributed by atoms with Crippen LogP contribution in [0.15, 0.2) is 18.2 Å². The molecule has 0 heterocycles. The molecule has 5 fully saturated rings. The van der Waals surface area contributed by atoms with E-state index in [4.69, 9.17) is 5.73 Å². The van der Waals surface area contributed by atoms with Gasteiger partial charge in [-0.25, -0.2) is 0 Å². The highest BCUT2D eigenvalue weighted by Crippen LogP contribution is 2.70. The molecule has 5 saturated carbocycles. The normalized spacial score (nSPS) is 43.5. The van der Waals surface area contributed by atoms with Gasteiger partial charge in [-0.3, -0.25) is 28.8 Å². The molecule has 6 aliphatic carbocycles. The molecule has 222 valence electrons. The van der Waals surface area contributed by atoms with Gasteiger partial charge in [0.1, 0.15) is 11.5 Å². The molecule has 7 rings (SSSR count). The van der Waals surface area contributed by atoms with Gasteiger partial charge in [0.25, 0.3) is 0 Å². The zero-order chi connectivity index (χ0) is 29.9. The molecule has 6 unspecified atom stereocenters. The van der Waals surface area contributed by atoms with Gasteiger partial charge in [0, 0.05) is 25.2 Å². The first kappa shape index (κ1) is 27.6. The molecular weight excluding hydrogens is 538 g/mol. The number of carbonyl (C=O) groups excluding carboxylic acids is 6. The second-order valence-electron chi connectivity index (χ2n) is 14.3. The molecule has 9 heteroatoms. The molecule has 1 amide bonds. The fourth-order valence-corrected chi connectivity index (χ4v) is 10.6. The number of phenols is 1. The van der Waals surface area contributed by atoms with Gasteiger partial charge < -0.3 is 15.9 Å². The number of nitrogens with two attached hydrogens (primary N) is 1. The molecule has 1 spiro atoms. The highest BCUT2D eigenvalue weighted by atomic mass is 16.3. The Morgan fingerprint density at radius 2 is 1.81 bits per heavy atom. The Kier molecular flexibility index (Phi) is 6.02. The number of benzene rings is 1. The molecule has 0 aromatic heterocycles. The van der Waals surface area contributed by atoms with Crippen molar-refractivity contribution in [2.24, 2.45) is 58.5 Å². The van der Waals surface area contributed by atoms with Gasteiger partial charge in [0.15, 0.2) is 34.7 Å². The van der Waals surface area contributed by atoms with Crippen LogP contribution in [0, 0.1) is 52.8 Å². The first-order valence-corrected chi connectivity index (χ1v) is 15.4. The van der Waals surface area contributed by atoms with Crippen LogP contribution < -0.4 is 5.73 Å². The van der Waals surface area contributed by atoms with Crippen molar-refractivity contribution in [2.75, 3.05) is 0 Å². The number of carbonyl (C=O) groups is 6. The van der Waals surface area contributed by atoms with Crippen molar-refractivity contribution in [3.05, 3.63) is 29.3 Å². The largest absolute Gasteiger partial charge is 0.507 e. The molecule has 0 saturated heterocycles. The van der Waals surface area contributed by atoms with Crippen molar-refractivity contribution in [1.29, 1.82) is 0 Å². The number of aliphatic hydroxyl groups is 1. The van der Waals surface area contributed by atoms with Gasteiger partial charge in [-0.15, -0.1) is 0 Å². The minimum absolute atomic E-state index is 0.0368. The average molecular weight is 576 g/mol. The summed E-state index contributed by atoms with van der Waals surface area (Å²) >= 11 is 0. The molecule has 1 aromatic rings. The van der Waals surface area contributed by atoms with Crippen LogP contribution in [0.1, 0.15) is 86.6 Å². The van der Waals surface area contributed by atoms with Crippen molar-refractivity contribution in [1.82, 2.24) is 0 Å². The predicted octanol–water partition coefficient (Wildman–Crippen LogP) is 2.68. The fraction of sp³-hybridized carbons (Fsp3) is 0.636. The van der Waals surface area contributed by atoms with Crippen molar-refractivity contribution in [3.8, 4) is 5.75 Å². The highest BCUT2D eigenvalue weighted by Gasteiger charge is 2.70. The van der Waals surface area contributed by atoms with Crippen molar-refractivity contribution in [3.63, 3.8) is 0 Å². The number of fused-ring (bicyclic) bond motifs is 4. The van der Waals surface area contributed by atoms with Crippen LogP contribution >= 0.6 is 0 Å². The Balaban J connectivity index is 1.27.